The average Bonchev–Trinajstić information content (AvgIpc) is 1.62. The lowest BCUT2D eigenvalue weighted by Crippen LogP contribution is -2.50. The molecule has 11 amide bonds. The molecular weight excluding hydrogens is 1320 g/mol. The van der Waals surface area contributed by atoms with Crippen molar-refractivity contribution in [2.75, 3.05) is 59.0 Å². The van der Waals surface area contributed by atoms with Crippen LogP contribution in [0, 0.1) is 34.0 Å². The van der Waals surface area contributed by atoms with Crippen LogP contribution in [0.1, 0.15) is 194 Å². The van der Waals surface area contributed by atoms with Gasteiger partial charge in [0, 0.05) is 82.5 Å². The highest BCUT2D eigenvalue weighted by molar-refractivity contribution is 6.13. The third kappa shape index (κ3) is 27.5. The molecule has 0 spiro atoms. The zero-order valence-corrected chi connectivity index (χ0v) is 60.9. The van der Waals surface area contributed by atoms with Crippen molar-refractivity contribution in [3.63, 3.8) is 0 Å². The van der Waals surface area contributed by atoms with Crippen LogP contribution >= 0.6 is 0 Å². The fraction of sp³-hybridized carbons (Fsp3) is 0.600. The standard InChI is InChI=1S/C31H38N4O5.C19H27N5O4.C16H28N4O3.C9H13NO2/c1-31(2,3)40-30(38)34-27(28(36)35-18-10-11-21(35)19-32)16-8-9-17-33-29(37)39-20-26-24-14-6-4-12-22(24)23-13-5-7-15-25(23)26;20-13-14-5-3-11-23(14)19(28)15(21)6-1-2-10-22-16(25)7-4-12-24-17(26)8-9-18(24)27;1-16(2,3)23-15(22)19-13(8-4-5-9-17)14(21)20-10-6-7-12(20)11-18;1-2-3-4-7-10-8(11)5-6-9(10)12/h4-7,12-15,21,26-27H,8-11,16-18,20H2,1-3H3,(H,33,37)(H,34,38);8-9,14-15H,1-7,10-12,21H2,(H,22,25);12-13H,4-10,17H2,1-3H3,(H,19,22);5-6H,2-4,7H2,1H3/t21-,27-;14-,15-;12-,13-;/m000./s1. The van der Waals surface area contributed by atoms with Gasteiger partial charge in [0.15, 0.2) is 0 Å². The molecule has 28 nitrogen and oxygen atoms in total. The van der Waals surface area contributed by atoms with Crippen LogP contribution in [0.4, 0.5) is 14.4 Å². The number of nitrogens with zero attached hydrogens (tertiary/aromatic N) is 8. The van der Waals surface area contributed by atoms with Gasteiger partial charge in [0.2, 0.25) is 23.6 Å². The number of benzene rings is 2. The second-order valence-corrected chi connectivity index (χ2v) is 28.0. The van der Waals surface area contributed by atoms with Gasteiger partial charge in [-0.25, -0.2) is 14.4 Å². The number of rotatable bonds is 29. The molecule has 0 aromatic heterocycles. The average molecular weight is 1430 g/mol. The van der Waals surface area contributed by atoms with Gasteiger partial charge in [0.05, 0.1) is 24.2 Å². The molecule has 6 aliphatic rings. The van der Waals surface area contributed by atoms with Gasteiger partial charge < -0.3 is 61.6 Å². The van der Waals surface area contributed by atoms with Gasteiger partial charge in [-0.1, -0.05) is 68.3 Å². The molecule has 5 heterocycles. The molecule has 1 aliphatic carbocycles. The van der Waals surface area contributed by atoms with Crippen LogP contribution in [-0.2, 0) is 52.6 Å². The van der Waals surface area contributed by atoms with Crippen LogP contribution in [0.3, 0.4) is 0 Å². The first kappa shape index (κ1) is 83.9. The summed E-state index contributed by atoms with van der Waals surface area (Å²) in [4.78, 5) is 139. The molecule has 3 saturated heterocycles. The van der Waals surface area contributed by atoms with E-state index in [4.69, 9.17) is 36.2 Å². The number of carbonyl (C=O) groups is 11. The predicted molar refractivity (Wildman–Crippen MR) is 383 cm³/mol. The van der Waals surface area contributed by atoms with Gasteiger partial charge in [-0.15, -0.1) is 0 Å². The largest absolute Gasteiger partial charge is 0.449 e. The number of imide groups is 2. The lowest BCUT2D eigenvalue weighted by atomic mass is 9.98. The number of nitrogens with one attached hydrogen (secondary N) is 4. The minimum Gasteiger partial charge on any atom is -0.449 e. The molecule has 5 aliphatic heterocycles. The van der Waals surface area contributed by atoms with Gasteiger partial charge in [0.25, 0.3) is 23.6 Å². The highest BCUT2D eigenvalue weighted by Crippen LogP contribution is 2.44. The maximum atomic E-state index is 13.2. The van der Waals surface area contributed by atoms with Crippen molar-refractivity contribution in [1.82, 2.24) is 45.8 Å². The van der Waals surface area contributed by atoms with Crippen molar-refractivity contribution in [1.29, 1.82) is 15.8 Å². The molecule has 0 radical (unpaired) electrons. The summed E-state index contributed by atoms with van der Waals surface area (Å²) in [6.45, 7) is 16.7. The van der Waals surface area contributed by atoms with E-state index >= 15 is 0 Å². The number of fused-ring (bicyclic) bond motifs is 3. The van der Waals surface area contributed by atoms with Crippen molar-refractivity contribution in [2.24, 2.45) is 11.5 Å². The third-order valence-corrected chi connectivity index (χ3v) is 17.7. The number of alkyl carbamates (subject to hydrolysis) is 3. The minimum absolute atomic E-state index is 0.00771. The molecule has 2 aromatic rings. The second-order valence-electron chi connectivity index (χ2n) is 28.0. The number of hydrogen-bond acceptors (Lipinski definition) is 19. The Hall–Kier alpha value is -9.72. The van der Waals surface area contributed by atoms with Gasteiger partial charge in [0.1, 0.15) is 48.0 Å². The molecule has 8 rings (SSSR count). The number of ether oxygens (including phenoxy) is 3. The Morgan fingerprint density at radius 2 is 0.942 bits per heavy atom. The van der Waals surface area contributed by atoms with E-state index in [2.05, 4.69) is 70.7 Å². The summed E-state index contributed by atoms with van der Waals surface area (Å²) in [5, 5.41) is 38.5. The summed E-state index contributed by atoms with van der Waals surface area (Å²) >= 11 is 0. The lowest BCUT2D eigenvalue weighted by molar-refractivity contribution is -0.138. The van der Waals surface area contributed by atoms with E-state index in [0.29, 0.717) is 116 Å². The Morgan fingerprint density at radius 1 is 0.534 bits per heavy atom. The molecule has 28 heteroatoms. The van der Waals surface area contributed by atoms with E-state index in [0.717, 1.165) is 67.4 Å². The van der Waals surface area contributed by atoms with Crippen molar-refractivity contribution in [2.45, 2.75) is 230 Å². The van der Waals surface area contributed by atoms with E-state index in [9.17, 15) is 58.0 Å². The van der Waals surface area contributed by atoms with E-state index in [1.54, 1.807) is 51.3 Å². The van der Waals surface area contributed by atoms with Crippen molar-refractivity contribution in [3.05, 3.63) is 84.0 Å². The Bertz CT molecular complexity index is 3350. The summed E-state index contributed by atoms with van der Waals surface area (Å²) in [5.74, 6) is -1.83. The Labute approximate surface area is 605 Å². The Morgan fingerprint density at radius 3 is 1.37 bits per heavy atom. The highest BCUT2D eigenvalue weighted by Gasteiger charge is 2.38. The number of unbranched alkanes of at least 4 members (excludes halogenated alkanes) is 5. The minimum atomic E-state index is -0.807. The SMILES string of the molecule is CC(C)(C)OC(=O)N[C@@H](CCCCN)C(=O)N1CCC[C@H]1C#N.CC(C)(C)OC(=O)N[C@@H](CCCCNC(=O)OCC1c2ccccc2-c2ccccc21)C(=O)N1CCC[C@H]1C#N.CCCCCN1C(=O)C=CC1=O.N#C[C@@H]1CCCN1C(=O)[C@@H](N)CCCCNC(=O)CCCN1C(=O)C=CC1=O. The Kier molecular flexibility index (Phi) is 34.8. The van der Waals surface area contributed by atoms with Crippen LogP contribution in [-0.4, -0.2) is 196 Å². The summed E-state index contributed by atoms with van der Waals surface area (Å²) in [7, 11) is 0. The van der Waals surface area contributed by atoms with Crippen molar-refractivity contribution in [3.8, 4) is 29.3 Å². The topological polar surface area (TPSA) is 403 Å². The van der Waals surface area contributed by atoms with E-state index in [1.807, 2.05) is 24.3 Å². The fourth-order valence-corrected chi connectivity index (χ4v) is 12.5. The van der Waals surface area contributed by atoms with Crippen LogP contribution in [0.2, 0.25) is 0 Å². The molecule has 2 aromatic carbocycles. The van der Waals surface area contributed by atoms with E-state index < -0.39 is 59.7 Å². The Balaban J connectivity index is 0.000000265. The van der Waals surface area contributed by atoms with Gasteiger partial charge in [-0.2, -0.15) is 15.8 Å². The first-order valence-electron chi connectivity index (χ1n) is 36.1. The van der Waals surface area contributed by atoms with Gasteiger partial charge in [-0.05, 0) is 179 Å². The number of nitrogens with two attached hydrogens (primary N) is 2. The molecule has 8 N–H and O–H groups in total. The number of hydrogen-bond donors (Lipinski definition) is 6. The zero-order chi connectivity index (χ0) is 75.7. The van der Waals surface area contributed by atoms with Gasteiger partial charge in [-0.3, -0.25) is 48.2 Å². The molecule has 6 atom stereocenters. The van der Waals surface area contributed by atoms with Crippen LogP contribution < -0.4 is 32.7 Å². The molecule has 560 valence electrons. The summed E-state index contributed by atoms with van der Waals surface area (Å²) in [6.07, 6.45) is 16.9. The normalized spacial score (nSPS) is 18.1. The summed E-state index contributed by atoms with van der Waals surface area (Å²) in [5.41, 5.74) is 14.8. The first-order chi connectivity index (χ1) is 49.1. The summed E-state index contributed by atoms with van der Waals surface area (Å²) in [6, 6.07) is 19.5. The fourth-order valence-electron chi connectivity index (χ4n) is 12.5. The molecule has 0 bridgehead atoms. The third-order valence-electron chi connectivity index (χ3n) is 17.7. The molecule has 0 unspecified atom stereocenters. The van der Waals surface area contributed by atoms with Crippen LogP contribution in [0.15, 0.2) is 72.8 Å². The predicted octanol–water partition coefficient (Wildman–Crippen LogP) is 7.55. The number of amides is 11. The lowest BCUT2D eigenvalue weighted by Gasteiger charge is -2.27. The molecular formula is C75H106N14O14. The number of nitriles is 3. The van der Waals surface area contributed by atoms with E-state index in [-0.39, 0.29) is 78.8 Å². The maximum absolute atomic E-state index is 13.2. The van der Waals surface area contributed by atoms with Crippen LogP contribution in [0.5, 0.6) is 0 Å². The first-order valence-corrected chi connectivity index (χ1v) is 36.1. The number of likely N-dealkylation sites (tertiary alicyclic amines) is 3. The number of carbonyl (C=O) groups excluding carboxylic acids is 11. The zero-order valence-electron chi connectivity index (χ0n) is 60.9. The monoisotopic (exact) mass is 1430 g/mol. The quantitative estimate of drug-likeness (QED) is 0.0260. The summed E-state index contributed by atoms with van der Waals surface area (Å²) < 4.78 is 16.2. The van der Waals surface area contributed by atoms with Gasteiger partial charge >= 0.3 is 18.3 Å². The highest BCUT2D eigenvalue weighted by atomic mass is 16.6. The van der Waals surface area contributed by atoms with E-state index in [1.165, 1.54) is 45.2 Å². The molecule has 3 fully saturated rings. The second kappa shape index (κ2) is 42.6. The molecule has 103 heavy (non-hydrogen) atoms. The molecule has 0 saturated carbocycles. The maximum Gasteiger partial charge on any atom is 0.408 e. The van der Waals surface area contributed by atoms with Crippen molar-refractivity contribution < 1.29 is 67.0 Å². The van der Waals surface area contributed by atoms with Crippen LogP contribution in [0.25, 0.3) is 11.1 Å². The smallest absolute Gasteiger partial charge is 0.408 e. The van der Waals surface area contributed by atoms with Crippen molar-refractivity contribution >= 4 is 65.5 Å².